The molecule has 0 atom stereocenters. The van der Waals surface area contributed by atoms with Gasteiger partial charge in [0, 0.05) is 90.8 Å². The van der Waals surface area contributed by atoms with E-state index in [9.17, 15) is 39.6 Å². The van der Waals surface area contributed by atoms with Gasteiger partial charge >= 0.3 is 0 Å². The number of imidazole rings is 4. The molecule has 4 amide bonds. The van der Waals surface area contributed by atoms with E-state index in [0.29, 0.717) is 137 Å². The van der Waals surface area contributed by atoms with E-state index in [-0.39, 0.29) is 28.9 Å². The fourth-order valence-corrected chi connectivity index (χ4v) is 13.6. The average Bonchev–Trinajstić information content (AvgIpc) is 1.64. The van der Waals surface area contributed by atoms with Crippen molar-refractivity contribution in [3.63, 3.8) is 0 Å². The molecule has 9 aromatic carbocycles. The average molecular weight is 1570 g/mol. The number of fused-ring (bicyclic) bond motifs is 4. The molecular formula is C83H72BrN21O8. The van der Waals surface area contributed by atoms with Gasteiger partial charge in [0.05, 0.1) is 44.1 Å². The van der Waals surface area contributed by atoms with Crippen LogP contribution in [0, 0.1) is 0 Å². The normalized spacial score (nSPS) is 11.8. The lowest BCUT2D eigenvalue weighted by molar-refractivity contribution is -0.114. The second-order valence-corrected chi connectivity index (χ2v) is 27.9. The first-order chi connectivity index (χ1) is 54.4. The molecule has 30 heteroatoms. The first-order valence-electron chi connectivity index (χ1n) is 35.4. The number of carbonyl (C=O) groups is 4. The Bertz CT molecular complexity index is 6520. The first-order valence-corrected chi connectivity index (χ1v) is 36.2. The number of primary amides is 3. The molecule has 0 saturated heterocycles. The van der Waals surface area contributed by atoms with Crippen LogP contribution in [-0.4, -0.2) is 123 Å². The second kappa shape index (κ2) is 30.3. The van der Waals surface area contributed by atoms with Crippen LogP contribution in [0.3, 0.4) is 0 Å². The lowest BCUT2D eigenvalue weighted by Crippen LogP contribution is -2.10. The fraction of sp³-hybridized carbons (Fsp3) is 0.108. The number of aromatic hydroxyl groups is 4. The molecule has 0 aliphatic heterocycles. The number of amides is 4. The van der Waals surface area contributed by atoms with Gasteiger partial charge in [0.15, 0.2) is 46.3 Å². The van der Waals surface area contributed by atoms with Gasteiger partial charge in [-0.15, -0.1) is 0 Å². The molecule has 113 heavy (non-hydrogen) atoms. The Morgan fingerprint density at radius 2 is 0.726 bits per heavy atom. The Hall–Kier alpha value is -14.8. The van der Waals surface area contributed by atoms with E-state index in [1.54, 1.807) is 126 Å². The summed E-state index contributed by atoms with van der Waals surface area (Å²) in [5.74, 6) is 1.10. The number of halogens is 1. The molecule has 8 heterocycles. The van der Waals surface area contributed by atoms with Gasteiger partial charge in [-0.25, -0.2) is 19.9 Å². The van der Waals surface area contributed by atoms with Crippen molar-refractivity contribution in [3.05, 3.63) is 232 Å². The Kier molecular flexibility index (Phi) is 19.8. The quantitative estimate of drug-likeness (QED) is 0.0453. The summed E-state index contributed by atoms with van der Waals surface area (Å²) in [7, 11) is 7.00. The summed E-state index contributed by atoms with van der Waals surface area (Å²) in [6, 6.07) is 61.5. The van der Waals surface area contributed by atoms with Gasteiger partial charge in [-0.05, 0) is 132 Å². The Balaban J connectivity index is 0.000000119. The maximum absolute atomic E-state index is 11.4. The molecule has 0 bridgehead atoms. The zero-order valence-electron chi connectivity index (χ0n) is 61.2. The number of nitrogens with one attached hydrogen (secondary N) is 5. The standard InChI is InChI=1S/C24H19N5O2.C21H19N5O2.C20H20N6O2.C18H14BrN5O2/c1-29-21(24-26-18-12-11-17(23(25)31)13-19(18)27-24)22(30)20(28-29)16-9-7-15(8-10-16)14-5-3-2-4-6-14;1-26-18(21-23-15-9-8-14(20(22)28)10-16(15)24-21)19(27)17(25-26)13-6-4-12(5-7-13)11-2-3-11;1-11(27)22-14-6-4-13(5-7-14)17-19(28)18(26(2)25-17)20-23-15-8-3-12(10-21)9-16(15)24-20;1-24-15(16(25)14(23-24)9-2-5-11(19)6-3-9)18-21-12-7-4-10(17(20)26)8-13(12)22-18/h2-13,30H,1H3,(H2,25,31)(H,26,27);4-11,27H,2-3H2,1H3,(H2,22,28)(H,23,24);3-9,28H,10,21H2,1-2H3,(H,22,27)(H,23,24);2-8,25H,1H3,(H2,20,26)(H,21,22). The van der Waals surface area contributed by atoms with Crippen LogP contribution in [0.1, 0.15) is 67.9 Å². The van der Waals surface area contributed by atoms with E-state index >= 15 is 0 Å². The number of aryl methyl sites for hydroxylation is 4. The van der Waals surface area contributed by atoms with Crippen LogP contribution in [0.4, 0.5) is 5.69 Å². The zero-order valence-corrected chi connectivity index (χ0v) is 62.8. The number of aromatic amines is 4. The number of nitrogens with zero attached hydrogens (tertiary/aromatic N) is 12. The summed E-state index contributed by atoms with van der Waals surface area (Å²) in [4.78, 5) is 76.1. The minimum atomic E-state index is -0.511. The SMILES string of the molecule is CC(=O)Nc1ccc(-c2nn(C)c(-c3nc4ccc(CN)cc4[nH]3)c2O)cc1.Cn1nc(-c2ccc(-c3ccccc3)cc2)c(O)c1-c1nc2ccc(C(N)=O)cc2[nH]1.Cn1nc(-c2ccc(Br)cc2)c(O)c1-c1nc2ccc(C(N)=O)cc2[nH]1.Cn1nc(-c2ccc(C3CC3)cc2)c(O)c1-c1nc2ccc(C(N)=O)cc2[nH]1. The van der Waals surface area contributed by atoms with Crippen molar-refractivity contribution in [1.29, 1.82) is 0 Å². The van der Waals surface area contributed by atoms with Gasteiger partial charge < -0.3 is 68.6 Å². The first kappa shape index (κ1) is 73.7. The van der Waals surface area contributed by atoms with Crippen LogP contribution >= 0.6 is 15.9 Å². The number of H-pyrrole nitrogens is 4. The second-order valence-electron chi connectivity index (χ2n) is 27.0. The highest BCUT2D eigenvalue weighted by Crippen LogP contribution is 2.44. The molecule has 17 aromatic rings. The topological polar surface area (TPSA) is 451 Å². The number of benzene rings is 9. The number of hydrogen-bond acceptors (Lipinski definition) is 17. The maximum atomic E-state index is 11.4. The molecule has 1 aliphatic rings. The molecule has 18 rings (SSSR count). The van der Waals surface area contributed by atoms with Crippen molar-refractivity contribution < 1.29 is 39.6 Å². The van der Waals surface area contributed by atoms with Crippen molar-refractivity contribution in [1.82, 2.24) is 79.0 Å². The van der Waals surface area contributed by atoms with Crippen LogP contribution in [0.2, 0.25) is 0 Å². The number of rotatable bonds is 15. The third-order valence-electron chi connectivity index (χ3n) is 19.2. The van der Waals surface area contributed by atoms with Crippen LogP contribution in [0.25, 0.3) is 146 Å². The predicted molar refractivity (Wildman–Crippen MR) is 434 cm³/mol. The third kappa shape index (κ3) is 15.0. The number of hydrogen-bond donors (Lipinski definition) is 13. The number of anilines is 1. The minimum absolute atomic E-state index is 0.0315. The minimum Gasteiger partial charge on any atom is -0.504 e. The summed E-state index contributed by atoms with van der Waals surface area (Å²) < 4.78 is 7.29. The lowest BCUT2D eigenvalue weighted by Gasteiger charge is -2.03. The van der Waals surface area contributed by atoms with E-state index in [1.807, 2.05) is 97.1 Å². The highest BCUT2D eigenvalue weighted by atomic mass is 79.9. The molecule has 0 radical (unpaired) electrons. The molecule has 29 nitrogen and oxygen atoms in total. The number of aromatic nitrogens is 16. The Morgan fingerprint density at radius 1 is 0.416 bits per heavy atom. The van der Waals surface area contributed by atoms with Crippen LogP contribution in [0.5, 0.6) is 23.0 Å². The van der Waals surface area contributed by atoms with Gasteiger partial charge in [0.1, 0.15) is 45.6 Å². The van der Waals surface area contributed by atoms with Gasteiger partial charge in [-0.3, -0.25) is 37.9 Å². The van der Waals surface area contributed by atoms with E-state index in [2.05, 4.69) is 106 Å². The van der Waals surface area contributed by atoms with E-state index in [0.717, 1.165) is 54.5 Å². The summed E-state index contributed by atoms with van der Waals surface area (Å²) in [5, 5.41) is 63.9. The fourth-order valence-electron chi connectivity index (χ4n) is 13.3. The molecule has 8 aromatic heterocycles. The van der Waals surface area contributed by atoms with Crippen molar-refractivity contribution in [2.24, 2.45) is 51.1 Å². The van der Waals surface area contributed by atoms with Crippen molar-refractivity contribution in [2.75, 3.05) is 5.32 Å². The van der Waals surface area contributed by atoms with Crippen molar-refractivity contribution in [2.45, 2.75) is 32.2 Å². The van der Waals surface area contributed by atoms with Gasteiger partial charge in [0.25, 0.3) is 0 Å². The monoisotopic (exact) mass is 1570 g/mol. The van der Waals surface area contributed by atoms with E-state index < -0.39 is 17.7 Å². The molecule has 1 saturated carbocycles. The molecule has 1 aliphatic carbocycles. The van der Waals surface area contributed by atoms with Gasteiger partial charge in [-0.1, -0.05) is 125 Å². The molecule has 1 fully saturated rings. The smallest absolute Gasteiger partial charge is 0.248 e. The zero-order chi connectivity index (χ0) is 79.2. The third-order valence-corrected chi connectivity index (χ3v) is 19.7. The molecule has 0 spiro atoms. The molecule has 0 unspecified atom stereocenters. The maximum Gasteiger partial charge on any atom is 0.248 e. The lowest BCUT2D eigenvalue weighted by atomic mass is 10.0. The largest absolute Gasteiger partial charge is 0.504 e. The molecule has 564 valence electrons. The Labute approximate surface area is 650 Å². The highest BCUT2D eigenvalue weighted by molar-refractivity contribution is 9.10. The van der Waals surface area contributed by atoms with Gasteiger partial charge in [0.2, 0.25) is 23.6 Å². The summed E-state index contributed by atoms with van der Waals surface area (Å²) in [5.41, 5.74) is 40.7. The molecule has 17 N–H and O–H groups in total. The highest BCUT2D eigenvalue weighted by Gasteiger charge is 2.28. The summed E-state index contributed by atoms with van der Waals surface area (Å²) in [6.45, 7) is 1.90. The van der Waals surface area contributed by atoms with Gasteiger partial charge in [-0.2, -0.15) is 20.4 Å². The van der Waals surface area contributed by atoms with Crippen molar-refractivity contribution in [3.8, 4) is 125 Å². The van der Waals surface area contributed by atoms with Crippen LogP contribution in [0.15, 0.2) is 205 Å². The van der Waals surface area contributed by atoms with Crippen LogP contribution < -0.4 is 28.3 Å². The predicted octanol–water partition coefficient (Wildman–Crippen LogP) is 13.4. The summed E-state index contributed by atoms with van der Waals surface area (Å²) >= 11 is 3.39. The molecular weight excluding hydrogens is 1500 g/mol. The summed E-state index contributed by atoms with van der Waals surface area (Å²) in [6.07, 6.45) is 2.50. The Morgan fingerprint density at radius 3 is 1.06 bits per heavy atom. The van der Waals surface area contributed by atoms with Crippen LogP contribution in [-0.2, 0) is 39.5 Å². The van der Waals surface area contributed by atoms with E-state index in [1.165, 1.54) is 25.3 Å². The van der Waals surface area contributed by atoms with Crippen molar-refractivity contribution >= 4 is 89.4 Å². The number of nitrogens with two attached hydrogens (primary N) is 4. The number of carbonyl (C=O) groups excluding carboxylic acids is 4. The van der Waals surface area contributed by atoms with E-state index in [4.69, 9.17) is 22.9 Å².